The number of thiophene rings is 1. The van der Waals surface area contributed by atoms with Crippen molar-refractivity contribution >= 4 is 46.1 Å². The number of esters is 3. The molecule has 0 fully saturated rings. The molecule has 2 heterocycles. The van der Waals surface area contributed by atoms with Crippen LogP contribution in [-0.2, 0) is 46.4 Å². The number of amides is 2. The zero-order chi connectivity index (χ0) is 42.9. The van der Waals surface area contributed by atoms with Gasteiger partial charge < -0.3 is 29.3 Å². The molecule has 2 amide bonds. The van der Waals surface area contributed by atoms with Crippen molar-refractivity contribution in [1.82, 2.24) is 9.80 Å². The van der Waals surface area contributed by atoms with Crippen molar-refractivity contribution in [1.29, 1.82) is 0 Å². The first kappa shape index (κ1) is 52.1. The lowest BCUT2D eigenvalue weighted by atomic mass is 10.0. The molecule has 338 valence electrons. The van der Waals surface area contributed by atoms with Crippen LogP contribution in [-0.4, -0.2) is 86.5 Å². The number of hydrogen-bond acceptors (Lipinski definition) is 10. The molecule has 1 aromatic heterocycles. The van der Waals surface area contributed by atoms with Gasteiger partial charge >= 0.3 is 17.9 Å². The summed E-state index contributed by atoms with van der Waals surface area (Å²) >= 11 is 1.33. The summed E-state index contributed by atoms with van der Waals surface area (Å²) in [7, 11) is 3.93. The van der Waals surface area contributed by atoms with Gasteiger partial charge in [-0.25, -0.2) is 4.79 Å². The summed E-state index contributed by atoms with van der Waals surface area (Å²) in [6.45, 7) is 7.25. The lowest BCUT2D eigenvalue weighted by molar-refractivity contribution is -0.144. The Hall–Kier alpha value is -2.99. The van der Waals surface area contributed by atoms with Crippen molar-refractivity contribution < 1.29 is 38.2 Å². The second-order valence-electron chi connectivity index (χ2n) is 16.6. The van der Waals surface area contributed by atoms with Gasteiger partial charge in [0.15, 0.2) is 0 Å². The Morgan fingerprint density at radius 3 is 1.59 bits per heavy atom. The normalized spacial score (nSPS) is 12.4. The molecule has 0 saturated carbocycles. The van der Waals surface area contributed by atoms with Gasteiger partial charge in [-0.2, -0.15) is 0 Å². The van der Waals surface area contributed by atoms with E-state index in [0.717, 1.165) is 42.7 Å². The predicted molar refractivity (Wildman–Crippen MR) is 239 cm³/mol. The van der Waals surface area contributed by atoms with Crippen LogP contribution in [0, 0.1) is 0 Å². The molecule has 0 radical (unpaired) electrons. The van der Waals surface area contributed by atoms with Gasteiger partial charge in [0.05, 0.1) is 31.9 Å². The highest BCUT2D eigenvalue weighted by atomic mass is 32.1. The summed E-state index contributed by atoms with van der Waals surface area (Å²) in [5.41, 5.74) is 1.22. The molecule has 0 spiro atoms. The molecule has 0 aliphatic carbocycles. The molecule has 12 heteroatoms. The van der Waals surface area contributed by atoms with E-state index in [1.165, 1.54) is 101 Å². The molecule has 1 aromatic rings. The standard InChI is InChI=1S/C47H81N3O8S/c1-5-7-9-11-13-15-17-19-25-35-56-43(53)30-23-21-28-41(51)48-46-45(47(55)58-37-27-33-49(3)4)39-32-34-50(38-40(39)59-46)42(52)29-22-24-31-44(54)57-36-26-20-18-16-14-12-10-8-6-2/h5-38H2,1-4H3,(H,48,51). The molecule has 0 saturated heterocycles. The van der Waals surface area contributed by atoms with E-state index >= 15 is 0 Å². The van der Waals surface area contributed by atoms with Crippen molar-refractivity contribution in [3.05, 3.63) is 16.0 Å². The molecule has 0 atom stereocenters. The molecular formula is C47H81N3O8S. The maximum absolute atomic E-state index is 13.4. The Bertz CT molecular complexity index is 1330. The van der Waals surface area contributed by atoms with Crippen LogP contribution < -0.4 is 5.32 Å². The molecule has 0 bridgehead atoms. The Morgan fingerprint density at radius 2 is 1.07 bits per heavy atom. The fourth-order valence-electron chi connectivity index (χ4n) is 7.33. The average Bonchev–Trinajstić information content (AvgIpc) is 3.57. The quantitative estimate of drug-likeness (QED) is 0.0398. The average molecular weight is 848 g/mol. The number of anilines is 1. The predicted octanol–water partition coefficient (Wildman–Crippen LogP) is 10.9. The van der Waals surface area contributed by atoms with Gasteiger partial charge in [0, 0.05) is 43.6 Å². The van der Waals surface area contributed by atoms with Crippen LogP contribution in [0.5, 0.6) is 0 Å². The fourth-order valence-corrected chi connectivity index (χ4v) is 8.60. The summed E-state index contributed by atoms with van der Waals surface area (Å²) in [5, 5.41) is 3.41. The van der Waals surface area contributed by atoms with E-state index in [9.17, 15) is 24.0 Å². The minimum atomic E-state index is -0.462. The number of fused-ring (bicyclic) bond motifs is 1. The van der Waals surface area contributed by atoms with Gasteiger partial charge in [0.25, 0.3) is 0 Å². The van der Waals surface area contributed by atoms with Crippen molar-refractivity contribution in [2.75, 3.05) is 52.3 Å². The van der Waals surface area contributed by atoms with Crippen LogP contribution in [0.15, 0.2) is 0 Å². The van der Waals surface area contributed by atoms with Crippen LogP contribution in [0.25, 0.3) is 0 Å². The first-order valence-corrected chi connectivity index (χ1v) is 24.3. The van der Waals surface area contributed by atoms with Crippen LogP contribution in [0.1, 0.15) is 208 Å². The maximum Gasteiger partial charge on any atom is 0.341 e. The zero-order valence-corrected chi connectivity index (χ0v) is 38.4. The summed E-state index contributed by atoms with van der Waals surface area (Å²) in [6.07, 6.45) is 26.4. The fraction of sp³-hybridized carbons (Fsp3) is 0.809. The van der Waals surface area contributed by atoms with Crippen LogP contribution in [0.4, 0.5) is 5.00 Å². The topological polar surface area (TPSA) is 132 Å². The summed E-state index contributed by atoms with van der Waals surface area (Å²) in [5.74, 6) is -1.10. The third-order valence-electron chi connectivity index (χ3n) is 10.9. The van der Waals surface area contributed by atoms with E-state index < -0.39 is 5.97 Å². The molecule has 0 aromatic carbocycles. The number of ether oxygens (including phenoxy) is 3. The Kier molecular flexibility index (Phi) is 29.8. The van der Waals surface area contributed by atoms with Crippen molar-refractivity contribution in [2.24, 2.45) is 0 Å². The Labute approximate surface area is 361 Å². The highest BCUT2D eigenvalue weighted by Gasteiger charge is 2.31. The van der Waals surface area contributed by atoms with E-state index in [2.05, 4.69) is 19.2 Å². The second-order valence-corrected chi connectivity index (χ2v) is 17.7. The summed E-state index contributed by atoms with van der Waals surface area (Å²) in [6, 6.07) is 0. The highest BCUT2D eigenvalue weighted by molar-refractivity contribution is 7.17. The number of nitrogens with zero attached hydrogens (tertiary/aromatic N) is 2. The van der Waals surface area contributed by atoms with E-state index in [1.54, 1.807) is 4.90 Å². The first-order valence-electron chi connectivity index (χ1n) is 23.5. The minimum absolute atomic E-state index is 0.0113. The molecule has 1 aliphatic rings. The second kappa shape index (κ2) is 33.7. The number of rotatable bonds is 36. The number of nitrogens with one attached hydrogen (secondary N) is 1. The molecule has 59 heavy (non-hydrogen) atoms. The molecular weight excluding hydrogens is 767 g/mol. The Morgan fingerprint density at radius 1 is 0.593 bits per heavy atom. The van der Waals surface area contributed by atoms with Gasteiger partial charge in [0.1, 0.15) is 5.00 Å². The highest BCUT2D eigenvalue weighted by Crippen LogP contribution is 2.38. The third kappa shape index (κ3) is 24.8. The third-order valence-corrected chi connectivity index (χ3v) is 12.1. The molecule has 2 rings (SSSR count). The largest absolute Gasteiger partial charge is 0.466 e. The van der Waals surface area contributed by atoms with Gasteiger partial charge in [-0.15, -0.1) is 11.3 Å². The van der Waals surface area contributed by atoms with Crippen LogP contribution in [0.3, 0.4) is 0 Å². The number of hydrogen-bond donors (Lipinski definition) is 1. The van der Waals surface area contributed by atoms with Crippen LogP contribution >= 0.6 is 11.3 Å². The van der Waals surface area contributed by atoms with Gasteiger partial charge in [-0.05, 0) is 71.0 Å². The van der Waals surface area contributed by atoms with Crippen molar-refractivity contribution in [3.63, 3.8) is 0 Å². The SMILES string of the molecule is CCCCCCCCCCCOC(=O)CCCCC(=O)Nc1sc2c(c1C(=O)OCCCN(C)C)CCN(C(=O)CCCCC(=O)OCCCCCCCCCCC)C2. The molecule has 1 N–H and O–H groups in total. The lowest BCUT2D eigenvalue weighted by Crippen LogP contribution is -2.35. The minimum Gasteiger partial charge on any atom is -0.466 e. The number of unbranched alkanes of at least 4 members (excludes halogenated alkanes) is 18. The maximum atomic E-state index is 13.4. The molecule has 1 aliphatic heterocycles. The Balaban J connectivity index is 1.76. The summed E-state index contributed by atoms with van der Waals surface area (Å²) in [4.78, 5) is 68.9. The monoisotopic (exact) mass is 848 g/mol. The summed E-state index contributed by atoms with van der Waals surface area (Å²) < 4.78 is 16.5. The molecule has 11 nitrogen and oxygen atoms in total. The number of carbonyl (C=O) groups is 5. The lowest BCUT2D eigenvalue weighted by Gasteiger charge is -2.27. The van der Waals surface area contributed by atoms with E-state index in [-0.39, 0.29) is 43.2 Å². The van der Waals surface area contributed by atoms with E-state index in [0.29, 0.717) is 88.2 Å². The van der Waals surface area contributed by atoms with Gasteiger partial charge in [0.2, 0.25) is 11.8 Å². The smallest absolute Gasteiger partial charge is 0.341 e. The van der Waals surface area contributed by atoms with E-state index in [4.69, 9.17) is 14.2 Å². The van der Waals surface area contributed by atoms with Crippen LogP contribution in [0.2, 0.25) is 0 Å². The van der Waals surface area contributed by atoms with Gasteiger partial charge in [-0.3, -0.25) is 19.2 Å². The van der Waals surface area contributed by atoms with E-state index in [1.807, 2.05) is 19.0 Å². The first-order chi connectivity index (χ1) is 28.7. The van der Waals surface area contributed by atoms with Crippen molar-refractivity contribution in [2.45, 2.75) is 200 Å². The van der Waals surface area contributed by atoms with Crippen molar-refractivity contribution in [3.8, 4) is 0 Å². The molecule has 0 unspecified atom stereocenters. The number of carbonyl (C=O) groups excluding carboxylic acids is 5. The zero-order valence-electron chi connectivity index (χ0n) is 37.6. The van der Waals surface area contributed by atoms with Gasteiger partial charge in [-0.1, -0.05) is 117 Å².